The molecule has 0 radical (unpaired) electrons. The summed E-state index contributed by atoms with van der Waals surface area (Å²) in [5, 5.41) is 5.05. The maximum Gasteiger partial charge on any atom is 0.254 e. The highest BCUT2D eigenvalue weighted by Crippen LogP contribution is 2.09. The number of nitrogens with one attached hydrogen (secondary N) is 2. The van der Waals surface area contributed by atoms with Gasteiger partial charge in [0.2, 0.25) is 5.91 Å². The fourth-order valence-corrected chi connectivity index (χ4v) is 1.52. The Morgan fingerprint density at radius 3 is 2.55 bits per heavy atom. The van der Waals surface area contributed by atoms with Crippen LogP contribution in [0.5, 0.6) is 0 Å². The molecule has 110 valence electrons. The van der Waals surface area contributed by atoms with Crippen LogP contribution in [-0.2, 0) is 4.79 Å². The van der Waals surface area contributed by atoms with Gasteiger partial charge in [0.15, 0.2) is 0 Å². The lowest BCUT2D eigenvalue weighted by molar-refractivity contribution is -0.121. The zero-order valence-electron chi connectivity index (χ0n) is 10.9. The van der Waals surface area contributed by atoms with Gasteiger partial charge in [-0.3, -0.25) is 9.59 Å². The molecular formula is C13H17F2N3O2. The number of hydrogen-bond acceptors (Lipinski definition) is 3. The summed E-state index contributed by atoms with van der Waals surface area (Å²) in [6.07, 6.45) is 0.664. The van der Waals surface area contributed by atoms with Gasteiger partial charge in [0.1, 0.15) is 11.6 Å². The zero-order valence-corrected chi connectivity index (χ0v) is 10.9. The van der Waals surface area contributed by atoms with Crippen molar-refractivity contribution in [2.75, 3.05) is 19.6 Å². The van der Waals surface area contributed by atoms with Crippen molar-refractivity contribution in [3.8, 4) is 0 Å². The standard InChI is InChI=1S/C13H17F2N3O2/c14-9-3-4-10(11(15)8-9)13(20)18-6-1-2-12(19)17-7-5-16/h3-4,8H,1-2,5-7,16H2,(H,17,19)(H,18,20). The summed E-state index contributed by atoms with van der Waals surface area (Å²) in [4.78, 5) is 22.8. The van der Waals surface area contributed by atoms with Gasteiger partial charge in [-0.2, -0.15) is 0 Å². The van der Waals surface area contributed by atoms with E-state index in [0.717, 1.165) is 12.1 Å². The Labute approximate surface area is 115 Å². The number of nitrogens with two attached hydrogens (primary N) is 1. The van der Waals surface area contributed by atoms with Gasteiger partial charge in [0.05, 0.1) is 5.56 Å². The third-order valence-corrected chi connectivity index (χ3v) is 2.51. The van der Waals surface area contributed by atoms with E-state index in [2.05, 4.69) is 10.6 Å². The molecule has 4 N–H and O–H groups in total. The van der Waals surface area contributed by atoms with Crippen LogP contribution >= 0.6 is 0 Å². The van der Waals surface area contributed by atoms with Crippen molar-refractivity contribution in [2.24, 2.45) is 5.73 Å². The molecule has 0 spiro atoms. The minimum atomic E-state index is -0.914. The van der Waals surface area contributed by atoms with Crippen LogP contribution in [0.4, 0.5) is 8.78 Å². The van der Waals surface area contributed by atoms with E-state index >= 15 is 0 Å². The SMILES string of the molecule is NCCNC(=O)CCCNC(=O)c1ccc(F)cc1F. The van der Waals surface area contributed by atoms with Gasteiger partial charge in [-0.05, 0) is 18.6 Å². The van der Waals surface area contributed by atoms with Crippen molar-refractivity contribution in [1.82, 2.24) is 10.6 Å². The highest BCUT2D eigenvalue weighted by molar-refractivity contribution is 5.94. The Balaban J connectivity index is 2.31. The average molecular weight is 285 g/mol. The van der Waals surface area contributed by atoms with Crippen LogP contribution in [0, 0.1) is 11.6 Å². The minimum absolute atomic E-state index is 0.155. The van der Waals surface area contributed by atoms with Gasteiger partial charge in [-0.1, -0.05) is 0 Å². The predicted molar refractivity (Wildman–Crippen MR) is 70.0 cm³/mol. The molecule has 0 aromatic heterocycles. The molecule has 0 heterocycles. The number of amides is 2. The molecule has 0 aliphatic heterocycles. The van der Waals surface area contributed by atoms with Crippen LogP contribution < -0.4 is 16.4 Å². The molecule has 0 saturated carbocycles. The van der Waals surface area contributed by atoms with Crippen LogP contribution in [0.1, 0.15) is 23.2 Å². The fraction of sp³-hybridized carbons (Fsp3) is 0.385. The lowest BCUT2D eigenvalue weighted by Crippen LogP contribution is -2.30. The summed E-state index contributed by atoms with van der Waals surface area (Å²) in [7, 11) is 0. The van der Waals surface area contributed by atoms with Crippen molar-refractivity contribution in [3.05, 3.63) is 35.4 Å². The lowest BCUT2D eigenvalue weighted by atomic mass is 10.2. The first-order valence-corrected chi connectivity index (χ1v) is 6.24. The van der Waals surface area contributed by atoms with Gasteiger partial charge in [0, 0.05) is 32.1 Å². The molecule has 0 fully saturated rings. The first-order chi connectivity index (χ1) is 9.54. The third kappa shape index (κ3) is 5.31. The fourth-order valence-electron chi connectivity index (χ4n) is 1.52. The van der Waals surface area contributed by atoms with Gasteiger partial charge in [-0.15, -0.1) is 0 Å². The Kier molecular flexibility index (Phi) is 6.58. The van der Waals surface area contributed by atoms with Crippen LogP contribution in [-0.4, -0.2) is 31.4 Å². The molecule has 0 saturated heterocycles. The topological polar surface area (TPSA) is 84.2 Å². The normalized spacial score (nSPS) is 10.2. The number of rotatable bonds is 7. The predicted octanol–water partition coefficient (Wildman–Crippen LogP) is 0.550. The highest BCUT2D eigenvalue weighted by Gasteiger charge is 2.11. The van der Waals surface area contributed by atoms with Crippen LogP contribution in [0.2, 0.25) is 0 Å². The summed E-state index contributed by atoms with van der Waals surface area (Å²) in [6, 6.07) is 2.74. The molecule has 0 bridgehead atoms. The van der Waals surface area contributed by atoms with E-state index in [1.165, 1.54) is 0 Å². The molecule has 1 aromatic rings. The molecule has 5 nitrogen and oxygen atoms in total. The average Bonchev–Trinajstić information content (AvgIpc) is 2.41. The summed E-state index contributed by atoms with van der Waals surface area (Å²) in [5.74, 6) is -2.44. The van der Waals surface area contributed by atoms with Gasteiger partial charge in [-0.25, -0.2) is 8.78 Å². The molecule has 0 aliphatic rings. The summed E-state index contributed by atoms with van der Waals surface area (Å²) in [5.41, 5.74) is 5.00. The first kappa shape index (κ1) is 16.0. The second-order valence-corrected chi connectivity index (χ2v) is 4.12. The van der Waals surface area contributed by atoms with Crippen LogP contribution in [0.3, 0.4) is 0 Å². The Bertz CT molecular complexity index is 481. The molecule has 0 unspecified atom stereocenters. The second kappa shape index (κ2) is 8.21. The highest BCUT2D eigenvalue weighted by atomic mass is 19.1. The Hall–Kier alpha value is -2.02. The largest absolute Gasteiger partial charge is 0.355 e. The summed E-state index contributed by atoms with van der Waals surface area (Å²) in [6.45, 7) is 1.00. The molecule has 7 heteroatoms. The molecular weight excluding hydrogens is 268 g/mol. The lowest BCUT2D eigenvalue weighted by Gasteiger charge is -2.06. The van der Waals surface area contributed by atoms with E-state index in [1.54, 1.807) is 0 Å². The van der Waals surface area contributed by atoms with Gasteiger partial charge < -0.3 is 16.4 Å². The molecule has 0 aliphatic carbocycles. The van der Waals surface area contributed by atoms with E-state index in [0.29, 0.717) is 25.6 Å². The number of carbonyl (C=O) groups excluding carboxylic acids is 2. The van der Waals surface area contributed by atoms with E-state index < -0.39 is 17.5 Å². The molecule has 20 heavy (non-hydrogen) atoms. The van der Waals surface area contributed by atoms with E-state index in [9.17, 15) is 18.4 Å². The maximum atomic E-state index is 13.3. The minimum Gasteiger partial charge on any atom is -0.355 e. The van der Waals surface area contributed by atoms with Crippen LogP contribution in [0.15, 0.2) is 18.2 Å². The van der Waals surface area contributed by atoms with Crippen molar-refractivity contribution >= 4 is 11.8 Å². The maximum absolute atomic E-state index is 13.3. The Morgan fingerprint density at radius 1 is 1.15 bits per heavy atom. The van der Waals surface area contributed by atoms with E-state index in [4.69, 9.17) is 5.73 Å². The van der Waals surface area contributed by atoms with E-state index in [1.807, 2.05) is 0 Å². The number of hydrogen-bond donors (Lipinski definition) is 3. The molecule has 1 rings (SSSR count). The third-order valence-electron chi connectivity index (χ3n) is 2.51. The van der Waals surface area contributed by atoms with Crippen molar-refractivity contribution in [2.45, 2.75) is 12.8 Å². The number of benzene rings is 1. The first-order valence-electron chi connectivity index (χ1n) is 6.24. The number of halogens is 2. The Morgan fingerprint density at radius 2 is 1.90 bits per heavy atom. The molecule has 0 atom stereocenters. The van der Waals surface area contributed by atoms with E-state index in [-0.39, 0.29) is 24.4 Å². The van der Waals surface area contributed by atoms with Crippen molar-refractivity contribution in [1.29, 1.82) is 0 Å². The van der Waals surface area contributed by atoms with Crippen molar-refractivity contribution < 1.29 is 18.4 Å². The monoisotopic (exact) mass is 285 g/mol. The van der Waals surface area contributed by atoms with Crippen LogP contribution in [0.25, 0.3) is 0 Å². The smallest absolute Gasteiger partial charge is 0.254 e. The zero-order chi connectivity index (χ0) is 15.0. The molecule has 2 amide bonds. The number of carbonyl (C=O) groups is 2. The van der Waals surface area contributed by atoms with Crippen molar-refractivity contribution in [3.63, 3.8) is 0 Å². The van der Waals surface area contributed by atoms with Gasteiger partial charge >= 0.3 is 0 Å². The second-order valence-electron chi connectivity index (χ2n) is 4.12. The van der Waals surface area contributed by atoms with Gasteiger partial charge in [0.25, 0.3) is 5.91 Å². The summed E-state index contributed by atoms with van der Waals surface area (Å²) >= 11 is 0. The quantitative estimate of drug-likeness (QED) is 0.640. The summed E-state index contributed by atoms with van der Waals surface area (Å²) < 4.78 is 26.0. The molecule has 1 aromatic carbocycles.